The molecule has 0 aliphatic rings. The largest absolute Gasteiger partial charge is 0.417 e. The number of rotatable bonds is 12. The number of amides is 2. The number of alkyl halides is 3. The number of nitrogens with one attached hydrogen (secondary N) is 1. The van der Waals surface area contributed by atoms with Gasteiger partial charge in [-0.15, -0.1) is 0 Å². The van der Waals surface area contributed by atoms with Crippen molar-refractivity contribution in [1.29, 1.82) is 0 Å². The highest BCUT2D eigenvalue weighted by Crippen LogP contribution is 2.38. The van der Waals surface area contributed by atoms with Gasteiger partial charge in [0.2, 0.25) is 11.8 Å². The number of hydrogen-bond donors (Lipinski definition) is 1. The predicted molar refractivity (Wildman–Crippen MR) is 171 cm³/mol. The number of halogens is 6. The maximum absolute atomic E-state index is 14.2. The lowest BCUT2D eigenvalue weighted by Gasteiger charge is -2.34. The van der Waals surface area contributed by atoms with E-state index in [1.165, 1.54) is 41.3 Å². The number of anilines is 1. The van der Waals surface area contributed by atoms with Gasteiger partial charge in [-0.25, -0.2) is 8.42 Å². The molecule has 45 heavy (non-hydrogen) atoms. The Hall–Kier alpha value is -2.99. The molecule has 7 nitrogen and oxygen atoms in total. The first-order valence-electron chi connectivity index (χ1n) is 14.0. The van der Waals surface area contributed by atoms with E-state index in [0.29, 0.717) is 22.4 Å². The second-order valence-electron chi connectivity index (χ2n) is 10.5. The van der Waals surface area contributed by atoms with Crippen molar-refractivity contribution in [3.05, 3.63) is 92.4 Å². The quantitative estimate of drug-likeness (QED) is 0.208. The highest BCUT2D eigenvalue weighted by Gasteiger charge is 2.37. The molecule has 14 heteroatoms. The maximum Gasteiger partial charge on any atom is 0.417 e. The summed E-state index contributed by atoms with van der Waals surface area (Å²) in [5, 5.41) is 2.67. The van der Waals surface area contributed by atoms with Crippen LogP contribution in [0.4, 0.5) is 18.9 Å². The van der Waals surface area contributed by atoms with Gasteiger partial charge in [0.1, 0.15) is 12.6 Å². The van der Waals surface area contributed by atoms with Crippen LogP contribution in [-0.2, 0) is 32.3 Å². The van der Waals surface area contributed by atoms with Gasteiger partial charge in [-0.1, -0.05) is 72.4 Å². The van der Waals surface area contributed by atoms with Crippen molar-refractivity contribution in [2.75, 3.05) is 10.8 Å². The van der Waals surface area contributed by atoms with Crippen LogP contribution < -0.4 is 9.62 Å². The van der Waals surface area contributed by atoms with E-state index >= 15 is 0 Å². The van der Waals surface area contributed by atoms with Crippen molar-refractivity contribution in [2.45, 2.75) is 70.2 Å². The molecule has 2 amide bonds. The predicted octanol–water partition coefficient (Wildman–Crippen LogP) is 7.89. The molecule has 0 aliphatic carbocycles. The highest BCUT2D eigenvalue weighted by molar-refractivity contribution is 7.92. The second-order valence-corrected chi connectivity index (χ2v) is 13.6. The summed E-state index contributed by atoms with van der Waals surface area (Å²) in [6.45, 7) is 6.00. The van der Waals surface area contributed by atoms with Crippen LogP contribution >= 0.6 is 34.8 Å². The van der Waals surface area contributed by atoms with E-state index < -0.39 is 56.9 Å². The topological polar surface area (TPSA) is 86.8 Å². The molecule has 0 aliphatic heterocycles. The molecule has 2 atom stereocenters. The summed E-state index contributed by atoms with van der Waals surface area (Å²) in [7, 11) is -4.60. The van der Waals surface area contributed by atoms with Crippen molar-refractivity contribution in [3.63, 3.8) is 0 Å². The van der Waals surface area contributed by atoms with Crippen LogP contribution in [-0.4, -0.2) is 43.8 Å². The molecule has 0 saturated heterocycles. The minimum atomic E-state index is -4.91. The summed E-state index contributed by atoms with van der Waals surface area (Å²) in [4.78, 5) is 28.5. The molecule has 1 N–H and O–H groups in total. The molecule has 0 heterocycles. The number of carbonyl (C=O) groups is 2. The Labute approximate surface area is 276 Å². The Bertz CT molecular complexity index is 1640. The fraction of sp³-hybridized carbons (Fsp3) is 0.355. The maximum atomic E-state index is 14.2. The zero-order valence-electron chi connectivity index (χ0n) is 25.0. The average Bonchev–Trinajstić information content (AvgIpc) is 2.97. The number of sulfonamides is 1. The lowest BCUT2D eigenvalue weighted by Crippen LogP contribution is -2.53. The molecular formula is C31H33Cl3F3N3O4S. The molecule has 0 aromatic heterocycles. The van der Waals surface area contributed by atoms with Crippen LogP contribution in [0.25, 0.3) is 0 Å². The van der Waals surface area contributed by atoms with Crippen LogP contribution in [0.3, 0.4) is 0 Å². The monoisotopic (exact) mass is 705 g/mol. The Morgan fingerprint density at radius 2 is 1.51 bits per heavy atom. The molecular weight excluding hydrogens is 674 g/mol. The first-order valence-corrected chi connectivity index (χ1v) is 16.6. The number of aryl methyl sites for hydroxylation is 1. The van der Waals surface area contributed by atoms with E-state index in [2.05, 4.69) is 5.32 Å². The minimum Gasteiger partial charge on any atom is -0.352 e. The first kappa shape index (κ1) is 36.5. The Kier molecular flexibility index (Phi) is 12.2. The van der Waals surface area contributed by atoms with Crippen LogP contribution in [0.1, 0.15) is 50.3 Å². The van der Waals surface area contributed by atoms with Crippen molar-refractivity contribution in [1.82, 2.24) is 10.2 Å². The first-order chi connectivity index (χ1) is 21.0. The molecule has 3 aromatic rings. The van der Waals surface area contributed by atoms with E-state index in [1.54, 1.807) is 26.8 Å². The van der Waals surface area contributed by atoms with Gasteiger partial charge in [0.25, 0.3) is 10.0 Å². The van der Waals surface area contributed by atoms with Gasteiger partial charge in [-0.2, -0.15) is 13.2 Å². The van der Waals surface area contributed by atoms with Crippen LogP contribution in [0, 0.1) is 6.92 Å². The molecule has 0 radical (unpaired) electrons. The molecule has 3 aromatic carbocycles. The van der Waals surface area contributed by atoms with Crippen molar-refractivity contribution in [3.8, 4) is 0 Å². The second kappa shape index (κ2) is 15.1. The average molecular weight is 707 g/mol. The SMILES string of the molecule is CCC(C)NC(=O)C(CC)N(Cc1ccc(Cl)c(Cl)c1)C(=O)CN(c1ccc(Cl)c(C(F)(F)F)c1)S(=O)(=O)c1ccc(C)cc1. The fourth-order valence-corrected chi connectivity index (χ4v) is 6.40. The zero-order chi connectivity index (χ0) is 33.7. The summed E-state index contributed by atoms with van der Waals surface area (Å²) < 4.78 is 70.0. The van der Waals surface area contributed by atoms with Crippen molar-refractivity contribution >= 4 is 62.3 Å². The Morgan fingerprint density at radius 1 is 0.889 bits per heavy atom. The number of carbonyl (C=O) groups excluding carboxylic acids is 2. The molecule has 2 unspecified atom stereocenters. The third-order valence-electron chi connectivity index (χ3n) is 7.16. The molecule has 0 fully saturated rings. The fourth-order valence-electron chi connectivity index (χ4n) is 4.45. The van der Waals surface area contributed by atoms with Gasteiger partial charge in [0.05, 0.1) is 31.2 Å². The summed E-state index contributed by atoms with van der Waals surface area (Å²) in [6, 6.07) is 11.6. The molecule has 244 valence electrons. The van der Waals surface area contributed by atoms with E-state index in [1.807, 2.05) is 6.92 Å². The molecule has 3 rings (SSSR count). The van der Waals surface area contributed by atoms with Crippen molar-refractivity contribution in [2.24, 2.45) is 0 Å². The van der Waals surface area contributed by atoms with Gasteiger partial charge in [0.15, 0.2) is 0 Å². The van der Waals surface area contributed by atoms with Crippen LogP contribution in [0.15, 0.2) is 65.6 Å². The summed E-state index contributed by atoms with van der Waals surface area (Å²) in [6.07, 6.45) is -4.14. The Balaban J connectivity index is 2.16. The van der Waals surface area contributed by atoms with E-state index in [0.717, 1.165) is 17.7 Å². The third-order valence-corrected chi connectivity index (χ3v) is 10.0. The molecule has 0 saturated carbocycles. The minimum absolute atomic E-state index is 0.152. The lowest BCUT2D eigenvalue weighted by molar-refractivity contribution is -0.140. The zero-order valence-corrected chi connectivity index (χ0v) is 28.0. The van der Waals surface area contributed by atoms with Crippen LogP contribution in [0.5, 0.6) is 0 Å². The van der Waals surface area contributed by atoms with Gasteiger partial charge in [0, 0.05) is 12.6 Å². The van der Waals surface area contributed by atoms with Gasteiger partial charge < -0.3 is 10.2 Å². The summed E-state index contributed by atoms with van der Waals surface area (Å²) in [5.41, 5.74) is -0.475. The standard InChI is InChI=1S/C31H33Cl3F3N3O4S/c1-5-20(4)38-30(42)28(6-2)39(17-21-9-13-26(33)27(34)15-21)29(41)18-40(45(43,44)23-11-7-19(3)8-12-23)22-10-14-25(32)24(16-22)31(35,36)37/h7-16,20,28H,5-6,17-18H2,1-4H3,(H,38,42). The summed E-state index contributed by atoms with van der Waals surface area (Å²) >= 11 is 18.1. The normalized spacial score (nSPS) is 13.2. The van der Waals surface area contributed by atoms with E-state index in [4.69, 9.17) is 34.8 Å². The van der Waals surface area contributed by atoms with E-state index in [-0.39, 0.29) is 33.9 Å². The molecule has 0 spiro atoms. The van der Waals surface area contributed by atoms with Gasteiger partial charge >= 0.3 is 6.18 Å². The number of benzene rings is 3. The van der Waals surface area contributed by atoms with E-state index in [9.17, 15) is 31.2 Å². The highest BCUT2D eigenvalue weighted by atomic mass is 35.5. The van der Waals surface area contributed by atoms with Crippen LogP contribution in [0.2, 0.25) is 15.1 Å². The smallest absolute Gasteiger partial charge is 0.352 e. The third kappa shape index (κ3) is 9.06. The number of hydrogen-bond acceptors (Lipinski definition) is 4. The van der Waals surface area contributed by atoms with Crippen molar-refractivity contribution < 1.29 is 31.2 Å². The Morgan fingerprint density at radius 3 is 2.07 bits per heavy atom. The number of nitrogens with zero attached hydrogens (tertiary/aromatic N) is 2. The summed E-state index contributed by atoms with van der Waals surface area (Å²) in [5.74, 6) is -1.31. The van der Waals surface area contributed by atoms with Gasteiger partial charge in [-0.3, -0.25) is 13.9 Å². The lowest BCUT2D eigenvalue weighted by atomic mass is 10.1. The molecule has 0 bridgehead atoms. The van der Waals surface area contributed by atoms with Gasteiger partial charge in [-0.05, 0) is 74.7 Å².